The summed E-state index contributed by atoms with van der Waals surface area (Å²) in [7, 11) is -3.62. The number of benzene rings is 3. The summed E-state index contributed by atoms with van der Waals surface area (Å²) in [6.07, 6.45) is 0.554. The summed E-state index contributed by atoms with van der Waals surface area (Å²) in [5.41, 5.74) is 3.46. The molecular weight excluding hydrogens is 408 g/mol. The van der Waals surface area contributed by atoms with Crippen LogP contribution in [0.15, 0.2) is 71.6 Å². The Balaban J connectivity index is 1.58. The Kier molecular flexibility index (Phi) is 5.06. The van der Waals surface area contributed by atoms with Gasteiger partial charge in [0, 0.05) is 22.8 Å². The Hall–Kier alpha value is -2.83. The molecule has 0 atom stereocenters. The molecule has 7 heteroatoms. The zero-order chi connectivity index (χ0) is 20.6. The first-order chi connectivity index (χ1) is 13.9. The quantitative estimate of drug-likeness (QED) is 0.660. The predicted molar refractivity (Wildman–Crippen MR) is 115 cm³/mol. The third kappa shape index (κ3) is 3.73. The monoisotopic (exact) mass is 426 g/mol. The van der Waals surface area contributed by atoms with Crippen molar-refractivity contribution >= 4 is 38.9 Å². The van der Waals surface area contributed by atoms with Crippen molar-refractivity contribution in [2.45, 2.75) is 18.2 Å². The number of hydrogen-bond donors (Lipinski definition) is 1. The zero-order valence-electron chi connectivity index (χ0n) is 15.7. The molecule has 0 bridgehead atoms. The highest BCUT2D eigenvalue weighted by molar-refractivity contribution is 7.92. The molecule has 1 amide bonds. The van der Waals surface area contributed by atoms with Crippen LogP contribution in [-0.4, -0.2) is 20.9 Å². The van der Waals surface area contributed by atoms with Gasteiger partial charge in [-0.1, -0.05) is 35.9 Å². The smallest absolute Gasteiger partial charge is 0.264 e. The van der Waals surface area contributed by atoms with Crippen LogP contribution in [0.3, 0.4) is 0 Å². The molecular formula is C22H19ClN2O3S. The molecule has 0 saturated heterocycles. The Bertz CT molecular complexity index is 1190. The Morgan fingerprint density at radius 2 is 1.79 bits per heavy atom. The summed E-state index contributed by atoms with van der Waals surface area (Å²) < 4.78 is 27.3. The summed E-state index contributed by atoms with van der Waals surface area (Å²) in [6.45, 7) is 2.24. The average Bonchev–Trinajstić information content (AvgIpc) is 3.15. The van der Waals surface area contributed by atoms with Gasteiger partial charge in [-0.15, -0.1) is 0 Å². The molecule has 1 heterocycles. The maximum atomic E-state index is 13.0. The minimum absolute atomic E-state index is 0.255. The van der Waals surface area contributed by atoms with Crippen LogP contribution in [0.1, 0.15) is 21.5 Å². The molecule has 0 fully saturated rings. The molecule has 0 aliphatic carbocycles. The fourth-order valence-corrected chi connectivity index (χ4v) is 5.06. The molecule has 0 radical (unpaired) electrons. The van der Waals surface area contributed by atoms with Crippen molar-refractivity contribution in [3.63, 3.8) is 0 Å². The second-order valence-corrected chi connectivity index (χ2v) is 9.17. The number of carbonyl (C=O) groups excluding carboxylic acids is 1. The first-order valence-electron chi connectivity index (χ1n) is 9.14. The minimum atomic E-state index is -3.62. The molecule has 5 nitrogen and oxygen atoms in total. The van der Waals surface area contributed by atoms with E-state index < -0.39 is 10.0 Å². The van der Waals surface area contributed by atoms with Crippen molar-refractivity contribution in [2.75, 3.05) is 16.2 Å². The van der Waals surface area contributed by atoms with Gasteiger partial charge in [-0.05, 0) is 66.9 Å². The number of halogens is 1. The molecule has 4 rings (SSSR count). The zero-order valence-corrected chi connectivity index (χ0v) is 17.3. The highest BCUT2D eigenvalue weighted by Crippen LogP contribution is 2.33. The lowest BCUT2D eigenvalue weighted by molar-refractivity contribution is 0.102. The number of sulfonamides is 1. The number of fused-ring (bicyclic) bond motifs is 1. The molecule has 0 unspecified atom stereocenters. The first kappa shape index (κ1) is 19.5. The number of nitrogens with one attached hydrogen (secondary N) is 1. The fraction of sp³-hybridized carbons (Fsp3) is 0.136. The lowest BCUT2D eigenvalue weighted by Crippen LogP contribution is -2.29. The van der Waals surface area contributed by atoms with Crippen LogP contribution in [0, 0.1) is 6.92 Å². The van der Waals surface area contributed by atoms with E-state index in [1.165, 1.54) is 4.31 Å². The standard InChI is InChI=1S/C22H19ClN2O3S/c1-15-7-9-18(14-20(15)23)24-22(26)17-8-10-21-16(13-17)11-12-25(21)29(27,28)19-5-3-2-4-6-19/h2-10,13-14H,11-12H2,1H3,(H,24,26). The number of carbonyl (C=O) groups is 1. The van der Waals surface area contributed by atoms with E-state index in [1.54, 1.807) is 60.7 Å². The number of hydrogen-bond acceptors (Lipinski definition) is 3. The topological polar surface area (TPSA) is 66.5 Å². The molecule has 1 N–H and O–H groups in total. The lowest BCUT2D eigenvalue weighted by atomic mass is 10.1. The van der Waals surface area contributed by atoms with Gasteiger partial charge in [0.25, 0.3) is 15.9 Å². The second-order valence-electron chi connectivity index (χ2n) is 6.90. The highest BCUT2D eigenvalue weighted by atomic mass is 35.5. The summed E-state index contributed by atoms with van der Waals surface area (Å²) >= 11 is 6.12. The van der Waals surface area contributed by atoms with E-state index in [-0.39, 0.29) is 10.8 Å². The third-order valence-corrected chi connectivity index (χ3v) is 7.19. The van der Waals surface area contributed by atoms with Gasteiger partial charge in [0.1, 0.15) is 0 Å². The minimum Gasteiger partial charge on any atom is -0.322 e. The second kappa shape index (κ2) is 7.54. The number of amides is 1. The van der Waals surface area contributed by atoms with Crippen molar-refractivity contribution in [3.8, 4) is 0 Å². The van der Waals surface area contributed by atoms with E-state index in [4.69, 9.17) is 11.6 Å². The molecule has 3 aromatic rings. The number of anilines is 2. The molecule has 148 valence electrons. The average molecular weight is 427 g/mol. The maximum absolute atomic E-state index is 13.0. The third-order valence-electron chi connectivity index (χ3n) is 4.96. The van der Waals surface area contributed by atoms with Gasteiger partial charge in [-0.2, -0.15) is 0 Å². The van der Waals surface area contributed by atoms with Gasteiger partial charge in [-0.3, -0.25) is 9.10 Å². The molecule has 29 heavy (non-hydrogen) atoms. The Morgan fingerprint density at radius 3 is 2.52 bits per heavy atom. The van der Waals surface area contributed by atoms with Gasteiger partial charge in [0.2, 0.25) is 0 Å². The van der Waals surface area contributed by atoms with Crippen LogP contribution in [0.25, 0.3) is 0 Å². The van der Waals surface area contributed by atoms with Crippen molar-refractivity contribution in [2.24, 2.45) is 0 Å². The summed E-state index contributed by atoms with van der Waals surface area (Å²) in [5, 5.41) is 3.41. The normalized spacial score (nSPS) is 13.2. The van der Waals surface area contributed by atoms with Crippen molar-refractivity contribution < 1.29 is 13.2 Å². The fourth-order valence-electron chi connectivity index (χ4n) is 3.36. The van der Waals surface area contributed by atoms with Crippen molar-refractivity contribution in [3.05, 3.63) is 88.4 Å². The van der Waals surface area contributed by atoms with Crippen LogP contribution in [0.5, 0.6) is 0 Å². The lowest BCUT2D eigenvalue weighted by Gasteiger charge is -2.19. The molecule has 0 aromatic heterocycles. The molecule has 1 aliphatic rings. The molecule has 0 spiro atoms. The van der Waals surface area contributed by atoms with Crippen LogP contribution >= 0.6 is 11.6 Å². The number of rotatable bonds is 4. The van der Waals surface area contributed by atoms with E-state index >= 15 is 0 Å². The van der Waals surface area contributed by atoms with Gasteiger partial charge in [-0.25, -0.2) is 8.42 Å². The van der Waals surface area contributed by atoms with E-state index in [2.05, 4.69) is 5.32 Å². The molecule has 0 saturated carbocycles. The van der Waals surface area contributed by atoms with Gasteiger partial charge in [0.15, 0.2) is 0 Å². The van der Waals surface area contributed by atoms with Crippen molar-refractivity contribution in [1.29, 1.82) is 0 Å². The summed E-state index contributed by atoms with van der Waals surface area (Å²) in [5.74, 6) is -0.267. The number of nitrogens with zero attached hydrogens (tertiary/aromatic N) is 1. The van der Waals surface area contributed by atoms with E-state index in [1.807, 2.05) is 13.0 Å². The van der Waals surface area contributed by atoms with Crippen LogP contribution in [-0.2, 0) is 16.4 Å². The van der Waals surface area contributed by atoms with Gasteiger partial charge < -0.3 is 5.32 Å². The SMILES string of the molecule is Cc1ccc(NC(=O)c2ccc3c(c2)CCN3S(=O)(=O)c2ccccc2)cc1Cl. The van der Waals surface area contributed by atoms with Crippen molar-refractivity contribution in [1.82, 2.24) is 0 Å². The summed E-state index contributed by atoms with van der Waals surface area (Å²) in [6, 6.07) is 18.8. The van der Waals surface area contributed by atoms with Crippen LogP contribution < -0.4 is 9.62 Å². The summed E-state index contributed by atoms with van der Waals surface area (Å²) in [4.78, 5) is 12.9. The maximum Gasteiger partial charge on any atom is 0.264 e. The van der Waals surface area contributed by atoms with Gasteiger partial charge >= 0.3 is 0 Å². The molecule has 3 aromatic carbocycles. The van der Waals surface area contributed by atoms with E-state index in [0.29, 0.717) is 34.9 Å². The van der Waals surface area contributed by atoms with E-state index in [9.17, 15) is 13.2 Å². The largest absolute Gasteiger partial charge is 0.322 e. The van der Waals surface area contributed by atoms with Gasteiger partial charge in [0.05, 0.1) is 10.6 Å². The molecule has 1 aliphatic heterocycles. The first-order valence-corrected chi connectivity index (χ1v) is 11.0. The van der Waals surface area contributed by atoms with E-state index in [0.717, 1.165) is 11.1 Å². The number of aryl methyl sites for hydroxylation is 1. The van der Waals surface area contributed by atoms with Crippen LogP contribution in [0.4, 0.5) is 11.4 Å². The Labute approximate surface area is 175 Å². The van der Waals surface area contributed by atoms with Crippen LogP contribution in [0.2, 0.25) is 5.02 Å². The Morgan fingerprint density at radius 1 is 1.03 bits per heavy atom. The predicted octanol–water partition coefficient (Wildman–Crippen LogP) is 4.65. The highest BCUT2D eigenvalue weighted by Gasteiger charge is 2.31.